The van der Waals surface area contributed by atoms with Gasteiger partial charge >= 0.3 is 6.03 Å². The van der Waals surface area contributed by atoms with E-state index in [2.05, 4.69) is 5.32 Å². The number of aromatic carboxylic acids is 1. The summed E-state index contributed by atoms with van der Waals surface area (Å²) in [4.78, 5) is 49.6. The number of barbiturate groups is 1. The van der Waals surface area contributed by atoms with Gasteiger partial charge in [0.15, 0.2) is 0 Å². The minimum Gasteiger partial charge on any atom is -0.545 e. The van der Waals surface area contributed by atoms with Crippen molar-refractivity contribution in [2.24, 2.45) is 0 Å². The molecule has 8 heteroatoms. The zero-order valence-electron chi connectivity index (χ0n) is 17.2. The molecule has 160 valence electrons. The van der Waals surface area contributed by atoms with E-state index >= 15 is 0 Å². The van der Waals surface area contributed by atoms with Crippen LogP contribution in [0.4, 0.5) is 10.5 Å². The minimum absolute atomic E-state index is 0.00371. The van der Waals surface area contributed by atoms with Crippen molar-refractivity contribution in [3.63, 3.8) is 0 Å². The Bertz CT molecular complexity index is 1300. The maximum absolute atomic E-state index is 12.9. The second kappa shape index (κ2) is 7.99. The van der Waals surface area contributed by atoms with Crippen LogP contribution >= 0.6 is 0 Å². The van der Waals surface area contributed by atoms with Crippen LogP contribution in [0.25, 0.3) is 17.4 Å². The van der Waals surface area contributed by atoms with E-state index in [4.69, 9.17) is 4.42 Å². The van der Waals surface area contributed by atoms with Crippen LogP contribution in [-0.2, 0) is 9.59 Å². The van der Waals surface area contributed by atoms with Gasteiger partial charge in [-0.15, -0.1) is 0 Å². The highest BCUT2D eigenvalue weighted by Gasteiger charge is 2.37. The fraction of sp³-hybridized carbons (Fsp3) is 0.0833. The molecule has 0 saturated carbocycles. The fourth-order valence-electron chi connectivity index (χ4n) is 3.32. The van der Waals surface area contributed by atoms with Crippen molar-refractivity contribution in [1.29, 1.82) is 0 Å². The standard InChI is InChI=1S/C24H18N2O6/c1-13-3-7-16(8-4-13)26-22(28)19(21(27)25-24(26)31)12-17-9-10-20(32-17)18-11-15(23(29)30)6-5-14(18)2/h3-12H,1-2H3,(H,29,30)(H,25,27,31)/p-1/b19-12-. The van der Waals surface area contributed by atoms with E-state index < -0.39 is 23.8 Å². The number of nitrogens with one attached hydrogen (secondary N) is 1. The lowest BCUT2D eigenvalue weighted by Crippen LogP contribution is -2.54. The molecule has 1 aliphatic heterocycles. The molecule has 1 saturated heterocycles. The number of furan rings is 1. The molecule has 0 radical (unpaired) electrons. The summed E-state index contributed by atoms with van der Waals surface area (Å²) in [5.74, 6) is -2.39. The molecule has 0 unspecified atom stereocenters. The topological polar surface area (TPSA) is 120 Å². The number of amides is 4. The third kappa shape index (κ3) is 3.81. The molecule has 1 aliphatic rings. The first-order valence-electron chi connectivity index (χ1n) is 9.65. The maximum atomic E-state index is 12.9. The summed E-state index contributed by atoms with van der Waals surface area (Å²) in [5.41, 5.74) is 2.30. The zero-order valence-corrected chi connectivity index (χ0v) is 17.2. The van der Waals surface area contributed by atoms with Crippen LogP contribution in [-0.4, -0.2) is 23.8 Å². The largest absolute Gasteiger partial charge is 0.545 e. The number of carbonyl (C=O) groups is 4. The number of nitrogens with zero attached hydrogens (tertiary/aromatic N) is 1. The van der Waals surface area contributed by atoms with E-state index in [0.29, 0.717) is 17.0 Å². The highest BCUT2D eigenvalue weighted by molar-refractivity contribution is 6.39. The Labute approximate surface area is 182 Å². The van der Waals surface area contributed by atoms with Gasteiger partial charge in [-0.1, -0.05) is 29.8 Å². The zero-order chi connectivity index (χ0) is 23.0. The first kappa shape index (κ1) is 20.8. The van der Waals surface area contributed by atoms with Crippen molar-refractivity contribution < 1.29 is 28.7 Å². The summed E-state index contributed by atoms with van der Waals surface area (Å²) < 4.78 is 5.74. The molecule has 0 aliphatic carbocycles. The molecule has 1 aromatic heterocycles. The number of benzene rings is 2. The quantitative estimate of drug-likeness (QED) is 0.503. The SMILES string of the molecule is Cc1ccc(N2C(=O)NC(=O)/C(=C/c3ccc(-c4cc(C(=O)[O-])ccc4C)o3)C2=O)cc1. The molecule has 4 amide bonds. The fourth-order valence-corrected chi connectivity index (χ4v) is 3.32. The molecule has 3 aromatic rings. The number of hydrogen-bond donors (Lipinski definition) is 1. The molecular formula is C24H17N2O6-. The Morgan fingerprint density at radius 1 is 1.00 bits per heavy atom. The Kier molecular flexibility index (Phi) is 5.19. The summed E-state index contributed by atoms with van der Waals surface area (Å²) in [6.45, 7) is 3.66. The number of urea groups is 1. The van der Waals surface area contributed by atoms with Crippen molar-refractivity contribution in [2.75, 3.05) is 4.90 Å². The molecule has 4 rings (SSSR count). The van der Waals surface area contributed by atoms with Crippen LogP contribution in [0, 0.1) is 13.8 Å². The van der Waals surface area contributed by atoms with Crippen LogP contribution in [0.1, 0.15) is 27.2 Å². The number of rotatable bonds is 4. The van der Waals surface area contributed by atoms with Crippen molar-refractivity contribution in [1.82, 2.24) is 5.32 Å². The van der Waals surface area contributed by atoms with Gasteiger partial charge in [0.1, 0.15) is 17.1 Å². The van der Waals surface area contributed by atoms with Crippen LogP contribution in [0.15, 0.2) is 64.6 Å². The third-order valence-electron chi connectivity index (χ3n) is 5.05. The Hall–Kier alpha value is -4.46. The summed E-state index contributed by atoms with van der Waals surface area (Å²) >= 11 is 0. The second-order valence-corrected chi connectivity index (χ2v) is 7.31. The van der Waals surface area contributed by atoms with E-state index in [0.717, 1.165) is 16.0 Å². The molecule has 8 nitrogen and oxygen atoms in total. The van der Waals surface area contributed by atoms with Gasteiger partial charge in [-0.25, -0.2) is 9.69 Å². The van der Waals surface area contributed by atoms with Gasteiger partial charge in [-0.3, -0.25) is 14.9 Å². The lowest BCUT2D eigenvalue weighted by Gasteiger charge is -2.26. The monoisotopic (exact) mass is 429 g/mol. The van der Waals surface area contributed by atoms with Crippen molar-refractivity contribution >= 4 is 35.6 Å². The summed E-state index contributed by atoms with van der Waals surface area (Å²) in [6.07, 6.45) is 1.24. The molecule has 1 fully saturated rings. The number of aryl methyl sites for hydroxylation is 2. The molecule has 2 heterocycles. The normalized spacial score (nSPS) is 15.2. The van der Waals surface area contributed by atoms with Crippen molar-refractivity contribution in [3.05, 3.63) is 82.6 Å². The highest BCUT2D eigenvalue weighted by atomic mass is 16.4. The smallest absolute Gasteiger partial charge is 0.335 e. The van der Waals surface area contributed by atoms with Crippen LogP contribution in [0.5, 0.6) is 0 Å². The first-order chi connectivity index (χ1) is 15.2. The Morgan fingerprint density at radius 2 is 1.72 bits per heavy atom. The van der Waals surface area contributed by atoms with Gasteiger partial charge in [0.25, 0.3) is 11.8 Å². The van der Waals surface area contributed by atoms with Gasteiger partial charge in [0, 0.05) is 5.56 Å². The predicted molar refractivity (Wildman–Crippen MR) is 113 cm³/mol. The number of anilines is 1. The van der Waals surface area contributed by atoms with Gasteiger partial charge in [0.2, 0.25) is 0 Å². The number of hydrogen-bond acceptors (Lipinski definition) is 6. The van der Waals surface area contributed by atoms with Gasteiger partial charge in [-0.2, -0.15) is 0 Å². The molecule has 0 spiro atoms. The van der Waals surface area contributed by atoms with E-state index in [9.17, 15) is 24.3 Å². The molecule has 32 heavy (non-hydrogen) atoms. The number of carboxylic acid groups (broad SMARTS) is 1. The summed E-state index contributed by atoms with van der Waals surface area (Å²) in [5, 5.41) is 13.3. The van der Waals surface area contributed by atoms with Crippen molar-refractivity contribution in [2.45, 2.75) is 13.8 Å². The summed E-state index contributed by atoms with van der Waals surface area (Å²) in [7, 11) is 0. The first-order valence-corrected chi connectivity index (χ1v) is 9.65. The van der Waals surface area contributed by atoms with Crippen LogP contribution < -0.4 is 15.3 Å². The van der Waals surface area contributed by atoms with Crippen LogP contribution in [0.3, 0.4) is 0 Å². The van der Waals surface area contributed by atoms with Gasteiger partial charge < -0.3 is 14.3 Å². The number of carboxylic acids is 1. The molecular weight excluding hydrogens is 412 g/mol. The highest BCUT2D eigenvalue weighted by Crippen LogP contribution is 2.28. The predicted octanol–water partition coefficient (Wildman–Crippen LogP) is 2.59. The van der Waals surface area contributed by atoms with E-state index in [1.165, 1.54) is 18.2 Å². The number of carbonyl (C=O) groups excluding carboxylic acids is 4. The van der Waals surface area contributed by atoms with Crippen LogP contribution in [0.2, 0.25) is 0 Å². The lowest BCUT2D eigenvalue weighted by atomic mass is 10.0. The second-order valence-electron chi connectivity index (χ2n) is 7.31. The van der Waals surface area contributed by atoms with Gasteiger partial charge in [0.05, 0.1) is 11.7 Å². The Balaban J connectivity index is 1.69. The summed E-state index contributed by atoms with van der Waals surface area (Å²) in [6, 6.07) is 13.5. The van der Waals surface area contributed by atoms with E-state index in [1.807, 2.05) is 6.92 Å². The average Bonchev–Trinajstić information content (AvgIpc) is 3.21. The molecule has 0 atom stereocenters. The minimum atomic E-state index is -1.31. The van der Waals surface area contributed by atoms with Gasteiger partial charge in [-0.05, 0) is 61.4 Å². The molecule has 0 bridgehead atoms. The average molecular weight is 429 g/mol. The molecule has 2 aromatic carbocycles. The van der Waals surface area contributed by atoms with E-state index in [1.54, 1.807) is 49.4 Å². The molecule has 1 N–H and O–H groups in total. The maximum Gasteiger partial charge on any atom is 0.335 e. The number of imide groups is 2. The van der Waals surface area contributed by atoms with E-state index in [-0.39, 0.29) is 16.9 Å². The lowest BCUT2D eigenvalue weighted by molar-refractivity contribution is -0.255. The van der Waals surface area contributed by atoms with Crippen molar-refractivity contribution in [3.8, 4) is 11.3 Å². The third-order valence-corrected chi connectivity index (χ3v) is 5.05. The Morgan fingerprint density at radius 3 is 2.41 bits per heavy atom.